The zero-order chi connectivity index (χ0) is 22.5. The van der Waals surface area contributed by atoms with Gasteiger partial charge in [0.2, 0.25) is 0 Å². The maximum atomic E-state index is 12.5. The van der Waals surface area contributed by atoms with E-state index in [1.54, 1.807) is 13.8 Å². The summed E-state index contributed by atoms with van der Waals surface area (Å²) in [6.45, 7) is 5.86. The van der Waals surface area contributed by atoms with Crippen LogP contribution in [-0.2, 0) is 23.8 Å². The highest BCUT2D eigenvalue weighted by molar-refractivity contribution is 5.81. The van der Waals surface area contributed by atoms with Crippen LogP contribution in [0.5, 0.6) is 0 Å². The number of rotatable bonds is 6. The minimum Gasteiger partial charge on any atom is -0.465 e. The maximum Gasteiger partial charge on any atom is 0.410 e. The van der Waals surface area contributed by atoms with Crippen molar-refractivity contribution >= 4 is 18.0 Å². The number of likely N-dealkylation sites (tertiary alicyclic amines) is 2. The molecular weight excluding hydrogens is 404 g/mol. The third kappa shape index (κ3) is 5.49. The monoisotopic (exact) mass is 440 g/mol. The van der Waals surface area contributed by atoms with Crippen molar-refractivity contribution in [2.24, 2.45) is 17.8 Å². The summed E-state index contributed by atoms with van der Waals surface area (Å²) in [5, 5.41) is 10.1. The van der Waals surface area contributed by atoms with Gasteiger partial charge in [0, 0.05) is 26.1 Å². The largest absolute Gasteiger partial charge is 0.465 e. The molecule has 3 fully saturated rings. The molecule has 9 nitrogen and oxygen atoms in total. The van der Waals surface area contributed by atoms with Crippen LogP contribution in [0.1, 0.15) is 46.0 Å². The van der Waals surface area contributed by atoms with E-state index >= 15 is 0 Å². The van der Waals surface area contributed by atoms with Gasteiger partial charge in [-0.25, -0.2) is 9.59 Å². The van der Waals surface area contributed by atoms with Crippen LogP contribution in [0.15, 0.2) is 0 Å². The van der Waals surface area contributed by atoms with Crippen molar-refractivity contribution in [3.05, 3.63) is 0 Å². The van der Waals surface area contributed by atoms with E-state index < -0.39 is 18.2 Å². The van der Waals surface area contributed by atoms with E-state index in [1.807, 2.05) is 0 Å². The molecule has 0 aromatic carbocycles. The van der Waals surface area contributed by atoms with Crippen molar-refractivity contribution in [1.29, 1.82) is 0 Å². The summed E-state index contributed by atoms with van der Waals surface area (Å²) in [4.78, 5) is 40.7. The first kappa shape index (κ1) is 23.8. The van der Waals surface area contributed by atoms with E-state index in [-0.39, 0.29) is 24.6 Å². The number of hydrogen-bond acceptors (Lipinski definition) is 8. The quantitative estimate of drug-likeness (QED) is 0.488. The van der Waals surface area contributed by atoms with Crippen LogP contribution in [0.3, 0.4) is 0 Å². The lowest BCUT2D eigenvalue weighted by Crippen LogP contribution is -2.55. The van der Waals surface area contributed by atoms with Crippen LogP contribution in [0.4, 0.5) is 4.79 Å². The van der Waals surface area contributed by atoms with Crippen molar-refractivity contribution < 1.29 is 33.7 Å². The van der Waals surface area contributed by atoms with Crippen molar-refractivity contribution in [1.82, 2.24) is 9.80 Å². The van der Waals surface area contributed by atoms with Crippen molar-refractivity contribution in [3.63, 3.8) is 0 Å². The van der Waals surface area contributed by atoms with E-state index in [4.69, 9.17) is 14.2 Å². The summed E-state index contributed by atoms with van der Waals surface area (Å²) in [6, 6.07) is -1.01. The third-order valence-electron chi connectivity index (χ3n) is 6.98. The van der Waals surface area contributed by atoms with E-state index in [1.165, 1.54) is 12.0 Å². The molecule has 2 saturated heterocycles. The molecule has 0 aromatic heterocycles. The molecule has 0 aromatic rings. The van der Waals surface area contributed by atoms with Crippen LogP contribution >= 0.6 is 0 Å². The predicted octanol–water partition coefficient (Wildman–Crippen LogP) is 1.42. The topological polar surface area (TPSA) is 106 Å². The number of carbonyl (C=O) groups is 3. The van der Waals surface area contributed by atoms with Gasteiger partial charge in [-0.2, -0.15) is 0 Å². The van der Waals surface area contributed by atoms with Gasteiger partial charge >= 0.3 is 18.0 Å². The molecule has 1 aliphatic carbocycles. The van der Waals surface area contributed by atoms with Gasteiger partial charge in [-0.05, 0) is 57.3 Å². The molecule has 1 N–H and O–H groups in total. The van der Waals surface area contributed by atoms with Crippen LogP contribution in [-0.4, -0.2) is 91.1 Å². The Labute approximate surface area is 184 Å². The summed E-state index contributed by atoms with van der Waals surface area (Å²) in [6.07, 6.45) is 2.86. The molecule has 176 valence electrons. The second-order valence-corrected chi connectivity index (χ2v) is 8.94. The van der Waals surface area contributed by atoms with E-state index in [0.717, 1.165) is 25.8 Å². The molecule has 3 aliphatic rings. The molecule has 31 heavy (non-hydrogen) atoms. The second kappa shape index (κ2) is 10.6. The normalized spacial score (nSPS) is 33.5. The molecule has 6 atom stereocenters. The number of piperidine rings is 1. The summed E-state index contributed by atoms with van der Waals surface area (Å²) >= 11 is 0. The van der Waals surface area contributed by atoms with Gasteiger partial charge in [-0.15, -0.1) is 0 Å². The Hall–Kier alpha value is -1.87. The number of fused-ring (bicyclic) bond motifs is 1. The molecule has 0 radical (unpaired) electrons. The van der Waals surface area contributed by atoms with Gasteiger partial charge in [-0.1, -0.05) is 0 Å². The number of β-amino-alcohol motifs (C(OH)–C–C–N with tert-alkyl or cyclic N) is 1. The Morgan fingerprint density at radius 1 is 0.903 bits per heavy atom. The van der Waals surface area contributed by atoms with E-state index in [2.05, 4.69) is 4.90 Å². The van der Waals surface area contributed by atoms with Crippen LogP contribution in [0, 0.1) is 17.8 Å². The SMILES string of the molecule is CCOC(=O)[C@@H]1C[C@H](O)CN1C[C@H]1CC[C@H]2CN(C(=O)OC)[C@H](C(=O)OCC)C[C@H]2C1. The first-order chi connectivity index (χ1) is 14.9. The molecular formula is C22H36N2O7. The standard InChI is InChI=1S/C22H36N2O7/c1-4-30-20(26)18-10-17(25)13-23(18)11-14-6-7-15-12-24(22(28)29-3)19(9-16(15)8-14)21(27)31-5-2/h14-19,25H,4-13H2,1-3H3/t14-,15-,16+,17-,18-,19-/m0/s1. The molecule has 0 spiro atoms. The Morgan fingerprint density at radius 3 is 2.23 bits per heavy atom. The highest BCUT2D eigenvalue weighted by atomic mass is 16.6. The lowest BCUT2D eigenvalue weighted by atomic mass is 9.69. The fourth-order valence-corrected chi connectivity index (χ4v) is 5.59. The van der Waals surface area contributed by atoms with Gasteiger partial charge < -0.3 is 19.3 Å². The van der Waals surface area contributed by atoms with E-state index in [0.29, 0.717) is 50.3 Å². The Bertz CT molecular complexity index is 658. The fourth-order valence-electron chi connectivity index (χ4n) is 5.59. The Kier molecular flexibility index (Phi) is 8.16. The number of hydrogen-bond donors (Lipinski definition) is 1. The van der Waals surface area contributed by atoms with Gasteiger partial charge in [-0.3, -0.25) is 14.6 Å². The van der Waals surface area contributed by atoms with Crippen molar-refractivity contribution in [3.8, 4) is 0 Å². The molecule has 1 amide bonds. The third-order valence-corrected chi connectivity index (χ3v) is 6.98. The number of esters is 2. The van der Waals surface area contributed by atoms with Crippen LogP contribution in [0.2, 0.25) is 0 Å². The number of carbonyl (C=O) groups excluding carboxylic acids is 3. The molecule has 1 saturated carbocycles. The number of ether oxygens (including phenoxy) is 3. The van der Waals surface area contributed by atoms with Crippen molar-refractivity contribution in [2.75, 3.05) is 40.0 Å². The zero-order valence-electron chi connectivity index (χ0n) is 18.8. The highest BCUT2D eigenvalue weighted by Gasteiger charge is 2.46. The van der Waals surface area contributed by atoms with Gasteiger partial charge in [0.15, 0.2) is 0 Å². The van der Waals surface area contributed by atoms with Gasteiger partial charge in [0.25, 0.3) is 0 Å². The van der Waals surface area contributed by atoms with E-state index in [9.17, 15) is 19.5 Å². The van der Waals surface area contributed by atoms with Gasteiger partial charge in [0.1, 0.15) is 12.1 Å². The van der Waals surface area contributed by atoms with Gasteiger partial charge in [0.05, 0.1) is 26.4 Å². The Morgan fingerprint density at radius 2 is 1.58 bits per heavy atom. The fraction of sp³-hybridized carbons (Fsp3) is 0.864. The van der Waals surface area contributed by atoms with Crippen LogP contribution in [0.25, 0.3) is 0 Å². The van der Waals surface area contributed by atoms with Crippen LogP contribution < -0.4 is 0 Å². The molecule has 3 rings (SSSR count). The number of amides is 1. The average Bonchev–Trinajstić information content (AvgIpc) is 3.12. The first-order valence-electron chi connectivity index (χ1n) is 11.5. The summed E-state index contributed by atoms with van der Waals surface area (Å²) in [7, 11) is 1.33. The molecule has 2 aliphatic heterocycles. The summed E-state index contributed by atoms with van der Waals surface area (Å²) in [5.41, 5.74) is 0. The smallest absolute Gasteiger partial charge is 0.410 e. The molecule has 2 heterocycles. The summed E-state index contributed by atoms with van der Waals surface area (Å²) < 4.78 is 15.3. The average molecular weight is 441 g/mol. The number of nitrogens with zero attached hydrogens (tertiary/aromatic N) is 2. The minimum atomic E-state index is -0.617. The predicted molar refractivity (Wildman–Crippen MR) is 111 cm³/mol. The second-order valence-electron chi connectivity index (χ2n) is 8.94. The van der Waals surface area contributed by atoms with Crippen molar-refractivity contribution in [2.45, 2.75) is 64.1 Å². The molecule has 0 unspecified atom stereocenters. The number of aliphatic hydroxyl groups is 1. The lowest BCUT2D eigenvalue weighted by Gasteiger charge is -2.46. The Balaban J connectivity index is 1.64. The zero-order valence-corrected chi connectivity index (χ0v) is 18.8. The first-order valence-corrected chi connectivity index (χ1v) is 11.5. The highest BCUT2D eigenvalue weighted by Crippen LogP contribution is 2.42. The number of methoxy groups -OCH3 is 1. The lowest BCUT2D eigenvalue weighted by molar-refractivity contribution is -0.153. The summed E-state index contributed by atoms with van der Waals surface area (Å²) in [5.74, 6) is 0.365. The molecule has 0 bridgehead atoms. The number of aliphatic hydroxyl groups excluding tert-OH is 1. The minimum absolute atomic E-state index is 0.263. The molecule has 9 heteroatoms. The maximum absolute atomic E-state index is 12.5.